The molecule has 0 fully saturated rings. The summed E-state index contributed by atoms with van der Waals surface area (Å²) < 4.78 is 7.16. The number of carboxylic acids is 1. The number of carbonyl (C=O) groups is 1. The van der Waals surface area contributed by atoms with Crippen LogP contribution < -0.4 is 0 Å². The highest BCUT2D eigenvalue weighted by Gasteiger charge is 2.22. The van der Waals surface area contributed by atoms with Gasteiger partial charge >= 0.3 is 5.97 Å². The maximum absolute atomic E-state index is 11.0. The molecule has 3 aromatic heterocycles. The van der Waals surface area contributed by atoms with Gasteiger partial charge in [0.25, 0.3) is 0 Å². The zero-order chi connectivity index (χ0) is 13.6. The second-order valence-electron chi connectivity index (χ2n) is 4.36. The Kier molecular flexibility index (Phi) is 2.67. The van der Waals surface area contributed by atoms with Crippen molar-refractivity contribution in [2.24, 2.45) is 0 Å². The summed E-state index contributed by atoms with van der Waals surface area (Å²) in [5, 5.41) is 16.2. The average Bonchev–Trinajstić information content (AvgIpc) is 3.02. The second kappa shape index (κ2) is 4.24. The molecule has 0 saturated heterocycles. The molecule has 0 atom stereocenters. The van der Waals surface area contributed by atoms with Crippen LogP contribution in [-0.2, 0) is 6.54 Å². The first kappa shape index (κ1) is 12.0. The van der Waals surface area contributed by atoms with E-state index in [9.17, 15) is 4.79 Å². The molecular formula is C13H12N2O3S. The molecule has 0 saturated carbocycles. The van der Waals surface area contributed by atoms with E-state index in [4.69, 9.17) is 9.52 Å². The third kappa shape index (κ3) is 1.84. The summed E-state index contributed by atoms with van der Waals surface area (Å²) in [6.07, 6.45) is 0. The number of aryl methyl sites for hydroxylation is 2. The van der Waals surface area contributed by atoms with Crippen LogP contribution in [0.4, 0.5) is 0 Å². The highest BCUT2D eigenvalue weighted by atomic mass is 32.1. The van der Waals surface area contributed by atoms with Crippen molar-refractivity contribution in [3.05, 3.63) is 39.4 Å². The number of fused-ring (bicyclic) bond motifs is 1. The molecule has 3 heterocycles. The number of thiophene rings is 1. The third-order valence-electron chi connectivity index (χ3n) is 3.17. The van der Waals surface area contributed by atoms with Crippen molar-refractivity contribution in [1.82, 2.24) is 9.78 Å². The van der Waals surface area contributed by atoms with Crippen LogP contribution in [0.15, 0.2) is 21.9 Å². The lowest BCUT2D eigenvalue weighted by atomic mass is 10.2. The fourth-order valence-electron chi connectivity index (χ4n) is 2.22. The van der Waals surface area contributed by atoms with Gasteiger partial charge in [-0.05, 0) is 25.3 Å². The summed E-state index contributed by atoms with van der Waals surface area (Å²) in [6, 6.07) is 4.04. The van der Waals surface area contributed by atoms with Crippen LogP contribution in [0.2, 0.25) is 0 Å². The van der Waals surface area contributed by atoms with Crippen molar-refractivity contribution >= 4 is 28.4 Å². The van der Waals surface area contributed by atoms with E-state index in [2.05, 4.69) is 5.10 Å². The number of hydrogen-bond acceptors (Lipinski definition) is 4. The van der Waals surface area contributed by atoms with Gasteiger partial charge in [-0.3, -0.25) is 4.68 Å². The smallest absolute Gasteiger partial charge is 0.372 e. The van der Waals surface area contributed by atoms with E-state index in [0.29, 0.717) is 17.8 Å². The van der Waals surface area contributed by atoms with Gasteiger partial charge < -0.3 is 9.52 Å². The molecule has 0 bridgehead atoms. The van der Waals surface area contributed by atoms with E-state index in [1.54, 1.807) is 18.3 Å². The maximum Gasteiger partial charge on any atom is 0.372 e. The number of nitrogens with zero attached hydrogens (tertiary/aromatic N) is 2. The molecule has 0 radical (unpaired) electrons. The lowest BCUT2D eigenvalue weighted by molar-refractivity contribution is 0.0663. The molecule has 0 aliphatic carbocycles. The summed E-state index contributed by atoms with van der Waals surface area (Å²) in [5.74, 6) is -1.08. The van der Waals surface area contributed by atoms with E-state index < -0.39 is 5.97 Å². The Morgan fingerprint density at radius 3 is 2.89 bits per heavy atom. The first-order valence-electron chi connectivity index (χ1n) is 5.80. The number of aromatic nitrogens is 2. The van der Waals surface area contributed by atoms with Crippen LogP contribution in [-0.4, -0.2) is 20.9 Å². The van der Waals surface area contributed by atoms with Crippen LogP contribution in [0, 0.1) is 13.8 Å². The minimum atomic E-state index is -1.06. The molecule has 98 valence electrons. The van der Waals surface area contributed by atoms with E-state index in [1.165, 1.54) is 4.88 Å². The number of hydrogen-bond donors (Lipinski definition) is 1. The Balaban J connectivity index is 2.09. The fraction of sp³-hybridized carbons (Fsp3) is 0.231. The van der Waals surface area contributed by atoms with Crippen molar-refractivity contribution < 1.29 is 14.3 Å². The van der Waals surface area contributed by atoms with Crippen molar-refractivity contribution in [3.63, 3.8) is 0 Å². The fourth-order valence-corrected chi connectivity index (χ4v) is 2.90. The molecule has 0 aliphatic rings. The molecule has 3 rings (SSSR count). The Bertz CT molecular complexity index is 753. The number of furan rings is 1. The number of carboxylic acid groups (broad SMARTS) is 1. The maximum atomic E-state index is 11.0. The van der Waals surface area contributed by atoms with Gasteiger partial charge in [0.1, 0.15) is 0 Å². The first-order valence-corrected chi connectivity index (χ1v) is 6.68. The largest absolute Gasteiger partial charge is 0.475 e. The Morgan fingerprint density at radius 2 is 2.32 bits per heavy atom. The van der Waals surface area contributed by atoms with Crippen LogP contribution in [0.1, 0.15) is 26.7 Å². The highest BCUT2D eigenvalue weighted by Crippen LogP contribution is 2.28. The predicted molar refractivity (Wildman–Crippen MR) is 71.9 cm³/mol. The normalized spacial score (nSPS) is 11.3. The summed E-state index contributed by atoms with van der Waals surface area (Å²) in [4.78, 5) is 12.2. The average molecular weight is 276 g/mol. The highest BCUT2D eigenvalue weighted by molar-refractivity contribution is 7.09. The SMILES string of the molecule is Cc1c(C(=O)O)oc2nn(Cc3cccs3)c(C)c12. The van der Waals surface area contributed by atoms with Crippen molar-refractivity contribution in [3.8, 4) is 0 Å². The van der Waals surface area contributed by atoms with Gasteiger partial charge in [0.2, 0.25) is 11.5 Å². The van der Waals surface area contributed by atoms with E-state index in [-0.39, 0.29) is 5.76 Å². The summed E-state index contributed by atoms with van der Waals surface area (Å²) >= 11 is 1.67. The summed E-state index contributed by atoms with van der Waals surface area (Å²) in [6.45, 7) is 4.35. The van der Waals surface area contributed by atoms with Gasteiger partial charge in [-0.1, -0.05) is 6.07 Å². The van der Waals surface area contributed by atoms with Crippen molar-refractivity contribution in [1.29, 1.82) is 0 Å². The molecule has 5 nitrogen and oxygen atoms in total. The van der Waals surface area contributed by atoms with Gasteiger partial charge in [-0.2, -0.15) is 0 Å². The van der Waals surface area contributed by atoms with Gasteiger partial charge in [-0.15, -0.1) is 16.4 Å². The molecular weight excluding hydrogens is 264 g/mol. The Morgan fingerprint density at radius 1 is 1.53 bits per heavy atom. The van der Waals surface area contributed by atoms with Crippen LogP contribution in [0.5, 0.6) is 0 Å². The van der Waals surface area contributed by atoms with Gasteiger partial charge in [0, 0.05) is 16.1 Å². The minimum Gasteiger partial charge on any atom is -0.475 e. The lowest BCUT2D eigenvalue weighted by Gasteiger charge is -2.02. The van der Waals surface area contributed by atoms with Gasteiger partial charge in [-0.25, -0.2) is 4.79 Å². The second-order valence-corrected chi connectivity index (χ2v) is 5.40. The number of aromatic carboxylic acids is 1. The molecule has 0 unspecified atom stereocenters. The van der Waals surface area contributed by atoms with E-state index in [1.807, 2.05) is 29.1 Å². The molecule has 19 heavy (non-hydrogen) atoms. The van der Waals surface area contributed by atoms with Gasteiger partial charge in [0.15, 0.2) is 0 Å². The van der Waals surface area contributed by atoms with Gasteiger partial charge in [0.05, 0.1) is 11.9 Å². The molecule has 0 spiro atoms. The Labute approximate surface area is 113 Å². The predicted octanol–water partition coefficient (Wildman–Crippen LogP) is 3.05. The monoisotopic (exact) mass is 276 g/mol. The topological polar surface area (TPSA) is 68.3 Å². The van der Waals surface area contributed by atoms with E-state index >= 15 is 0 Å². The van der Waals surface area contributed by atoms with Crippen LogP contribution >= 0.6 is 11.3 Å². The quantitative estimate of drug-likeness (QED) is 0.798. The molecule has 0 aromatic carbocycles. The summed E-state index contributed by atoms with van der Waals surface area (Å²) in [7, 11) is 0. The van der Waals surface area contributed by atoms with Crippen LogP contribution in [0.25, 0.3) is 11.1 Å². The van der Waals surface area contributed by atoms with E-state index in [0.717, 1.165) is 11.1 Å². The zero-order valence-corrected chi connectivity index (χ0v) is 11.3. The molecule has 6 heteroatoms. The minimum absolute atomic E-state index is 0.0242. The number of rotatable bonds is 3. The zero-order valence-electron chi connectivity index (χ0n) is 10.5. The van der Waals surface area contributed by atoms with Crippen LogP contribution in [0.3, 0.4) is 0 Å². The molecule has 1 N–H and O–H groups in total. The summed E-state index contributed by atoms with van der Waals surface area (Å²) in [5.41, 5.74) is 1.96. The molecule has 0 aliphatic heterocycles. The third-order valence-corrected chi connectivity index (χ3v) is 4.03. The lowest BCUT2D eigenvalue weighted by Crippen LogP contribution is -2.03. The first-order chi connectivity index (χ1) is 9.08. The standard InChI is InChI=1S/C13H12N2O3S/c1-7-10-8(2)15(6-9-4-3-5-19-9)14-12(10)18-11(7)13(16)17/h3-5H,6H2,1-2H3,(H,16,17). The Hall–Kier alpha value is -2.08. The van der Waals surface area contributed by atoms with Crippen molar-refractivity contribution in [2.45, 2.75) is 20.4 Å². The van der Waals surface area contributed by atoms with Crippen molar-refractivity contribution in [2.75, 3.05) is 0 Å². The molecule has 3 aromatic rings. The molecule has 0 amide bonds.